The van der Waals surface area contributed by atoms with Crippen LogP contribution >= 0.6 is 0 Å². The number of aromatic amines is 1. The van der Waals surface area contributed by atoms with E-state index in [0.29, 0.717) is 9.46 Å². The van der Waals surface area contributed by atoms with Crippen LogP contribution in [-0.2, 0) is 11.4 Å². The summed E-state index contributed by atoms with van der Waals surface area (Å²) >= 11 is -2.23. The van der Waals surface area contributed by atoms with Gasteiger partial charge >= 0.3 is 22.6 Å². The molecule has 1 aliphatic rings. The van der Waals surface area contributed by atoms with E-state index < -0.39 is 22.6 Å². The molecule has 9 nitrogen and oxygen atoms in total. The molecule has 0 saturated heterocycles. The van der Waals surface area contributed by atoms with Crippen LogP contribution in [0.25, 0.3) is 11.2 Å². The summed E-state index contributed by atoms with van der Waals surface area (Å²) in [5.41, 5.74) is -1.65. The van der Waals surface area contributed by atoms with Gasteiger partial charge in [-0.15, -0.1) is 0 Å². The van der Waals surface area contributed by atoms with Gasteiger partial charge < -0.3 is 4.98 Å². The quantitative estimate of drug-likeness (QED) is 0.529. The summed E-state index contributed by atoms with van der Waals surface area (Å²) in [6.07, 6.45) is 1.21. The van der Waals surface area contributed by atoms with Crippen molar-refractivity contribution in [2.24, 2.45) is 0 Å². The lowest BCUT2D eigenvalue weighted by Gasteiger charge is -2.13. The van der Waals surface area contributed by atoms with E-state index in [1.165, 1.54) is 6.33 Å². The van der Waals surface area contributed by atoms with Crippen LogP contribution in [0.15, 0.2) is 15.9 Å². The average Bonchev–Trinajstić information content (AvgIpc) is 2.66. The molecule has 0 radical (unpaired) electrons. The van der Waals surface area contributed by atoms with Crippen molar-refractivity contribution in [1.82, 2.24) is 19.4 Å². The Labute approximate surface area is 82.6 Å². The summed E-state index contributed by atoms with van der Waals surface area (Å²) in [5.74, 6) is 0. The molecule has 1 N–H and O–H groups in total. The van der Waals surface area contributed by atoms with Crippen molar-refractivity contribution in [1.29, 1.82) is 0 Å². The summed E-state index contributed by atoms with van der Waals surface area (Å²) < 4.78 is 20.9. The van der Waals surface area contributed by atoms with Crippen molar-refractivity contribution < 1.29 is 12.8 Å². The number of nitrogens with zero attached hydrogens (tertiary/aromatic N) is 3. The van der Waals surface area contributed by atoms with Crippen LogP contribution in [0, 0.1) is 0 Å². The van der Waals surface area contributed by atoms with Crippen LogP contribution in [0.4, 0.5) is 0 Å². The zero-order valence-electron chi connectivity index (χ0n) is 6.87. The van der Waals surface area contributed by atoms with Gasteiger partial charge in [-0.25, -0.2) is 9.78 Å². The maximum absolute atomic E-state index is 11.5. The molecule has 0 aromatic carbocycles. The Morgan fingerprint density at radius 3 is 2.87 bits per heavy atom. The number of H-pyrrole nitrogens is 1. The van der Waals surface area contributed by atoms with Gasteiger partial charge in [0.2, 0.25) is 5.65 Å². The summed E-state index contributed by atoms with van der Waals surface area (Å²) in [5, 5.41) is 0. The smallest absolute Gasteiger partial charge is 0.339 e. The van der Waals surface area contributed by atoms with E-state index in [1.807, 2.05) is 0 Å². The predicted octanol–water partition coefficient (Wildman–Crippen LogP) is -2.66. The van der Waals surface area contributed by atoms with Crippen molar-refractivity contribution in [2.45, 2.75) is 0 Å². The number of hydrogen-bond acceptors (Lipinski definition) is 6. The molecule has 0 amide bonds. The fourth-order valence-electron chi connectivity index (χ4n) is 1.23. The first-order valence-corrected chi connectivity index (χ1v) is 4.69. The topological polar surface area (TPSA) is 108 Å². The van der Waals surface area contributed by atoms with Gasteiger partial charge in [-0.05, 0) is 0 Å². The molecular formula is C5H2N4O5S. The minimum atomic E-state index is -2.23. The zero-order chi connectivity index (χ0) is 10.6. The van der Waals surface area contributed by atoms with Crippen LogP contribution in [0.3, 0.4) is 0 Å². The Kier molecular flexibility index (Phi) is 1.36. The lowest BCUT2D eigenvalue weighted by molar-refractivity contribution is 0.139. The van der Waals surface area contributed by atoms with Crippen LogP contribution in [0.2, 0.25) is 0 Å². The highest BCUT2D eigenvalue weighted by Gasteiger charge is 2.26. The number of nitrogens with one attached hydrogen (secondary N) is 1. The maximum Gasteiger partial charge on any atom is 0.458 e. The minimum Gasteiger partial charge on any atom is -0.339 e. The first-order chi connectivity index (χ1) is 7.18. The van der Waals surface area contributed by atoms with Gasteiger partial charge in [0.1, 0.15) is 0 Å². The zero-order valence-corrected chi connectivity index (χ0v) is 7.68. The fraction of sp³-hybridized carbons (Fsp3) is 0. The second-order valence-electron chi connectivity index (χ2n) is 2.63. The van der Waals surface area contributed by atoms with Gasteiger partial charge in [-0.1, -0.05) is 9.46 Å². The highest BCUT2D eigenvalue weighted by Crippen LogP contribution is 2.01. The summed E-state index contributed by atoms with van der Waals surface area (Å²) in [7, 11) is 0. The Bertz CT molecular complexity index is 695. The normalized spacial score (nSPS) is 18.5. The van der Waals surface area contributed by atoms with Crippen molar-refractivity contribution in [2.75, 3.05) is 0 Å². The third-order valence-electron chi connectivity index (χ3n) is 1.83. The molecule has 10 heteroatoms. The third kappa shape index (κ3) is 0.905. The highest BCUT2D eigenvalue weighted by molar-refractivity contribution is 7.75. The van der Waals surface area contributed by atoms with E-state index in [4.69, 9.17) is 0 Å². The lowest BCUT2D eigenvalue weighted by Crippen LogP contribution is -2.52. The van der Waals surface area contributed by atoms with E-state index in [9.17, 15) is 13.8 Å². The molecule has 2 aromatic rings. The number of aromatic nitrogens is 4. The molecule has 1 aliphatic heterocycles. The van der Waals surface area contributed by atoms with E-state index in [2.05, 4.69) is 18.5 Å². The number of imidazole rings is 1. The monoisotopic (exact) mass is 230 g/mol. The molecule has 78 valence electrons. The van der Waals surface area contributed by atoms with Gasteiger partial charge in [0.25, 0.3) is 0 Å². The van der Waals surface area contributed by atoms with E-state index in [-0.39, 0.29) is 11.2 Å². The first-order valence-electron chi connectivity index (χ1n) is 3.69. The van der Waals surface area contributed by atoms with Crippen LogP contribution in [0.5, 0.6) is 0 Å². The summed E-state index contributed by atoms with van der Waals surface area (Å²) in [6, 6.07) is 0. The molecule has 2 bridgehead atoms. The lowest BCUT2D eigenvalue weighted by atomic mass is 10.5. The molecular weight excluding hydrogens is 228 g/mol. The number of fused-ring (bicyclic) bond motifs is 4. The molecule has 0 aliphatic carbocycles. The number of rotatable bonds is 0. The van der Waals surface area contributed by atoms with Gasteiger partial charge in [0, 0.05) is 0 Å². The molecule has 0 saturated carbocycles. The first kappa shape index (κ1) is 8.23. The molecule has 3 rings (SSSR count). The minimum absolute atomic E-state index is 0.0297. The van der Waals surface area contributed by atoms with E-state index >= 15 is 0 Å². The molecule has 1 atom stereocenters. The summed E-state index contributed by atoms with van der Waals surface area (Å²) in [6.45, 7) is 0. The largest absolute Gasteiger partial charge is 0.458 e. The summed E-state index contributed by atoms with van der Waals surface area (Å²) in [4.78, 5) is 29.2. The van der Waals surface area contributed by atoms with E-state index in [1.54, 1.807) is 0 Å². The van der Waals surface area contributed by atoms with Gasteiger partial charge in [-0.2, -0.15) is 4.21 Å². The molecule has 2 aromatic heterocycles. The Morgan fingerprint density at radius 2 is 2.07 bits per heavy atom. The Morgan fingerprint density at radius 1 is 1.33 bits per heavy atom. The molecule has 15 heavy (non-hydrogen) atoms. The van der Waals surface area contributed by atoms with Crippen molar-refractivity contribution in [3.05, 3.63) is 27.2 Å². The average molecular weight is 230 g/mol. The molecule has 0 spiro atoms. The van der Waals surface area contributed by atoms with Crippen molar-refractivity contribution in [3.63, 3.8) is 0 Å². The second kappa shape index (κ2) is 2.48. The highest BCUT2D eigenvalue weighted by atomic mass is 32.2. The standard InChI is InChI=1S/C5H2N4O5S/c10-4-2-3(7-1-6-2)8-5(11)9(4)14-15(12)13-8/h1H,(H,6,7). The van der Waals surface area contributed by atoms with Gasteiger partial charge in [0.15, 0.2) is 5.52 Å². The van der Waals surface area contributed by atoms with Gasteiger partial charge in [0.05, 0.1) is 6.33 Å². The Hall–Kier alpha value is -2.10. The van der Waals surface area contributed by atoms with Gasteiger partial charge in [-0.3, -0.25) is 13.4 Å². The fourth-order valence-corrected chi connectivity index (χ4v) is 1.76. The third-order valence-corrected chi connectivity index (χ3v) is 2.37. The SMILES string of the molecule is O=c1c2[nH]cnc2n2c(=O)n1OS(=O)O2. The van der Waals surface area contributed by atoms with Crippen molar-refractivity contribution in [3.8, 4) is 0 Å². The Balaban J connectivity index is 2.63. The van der Waals surface area contributed by atoms with Crippen LogP contribution < -0.4 is 19.8 Å². The van der Waals surface area contributed by atoms with Crippen LogP contribution in [0.1, 0.15) is 0 Å². The molecule has 1 unspecified atom stereocenters. The molecule has 3 heterocycles. The molecule has 0 fully saturated rings. The number of hydrogen-bond donors (Lipinski definition) is 1. The maximum atomic E-state index is 11.5. The second-order valence-corrected chi connectivity index (χ2v) is 3.34. The van der Waals surface area contributed by atoms with Crippen LogP contribution in [-0.4, -0.2) is 23.6 Å². The predicted molar refractivity (Wildman–Crippen MR) is 45.9 cm³/mol. The van der Waals surface area contributed by atoms with Crippen molar-refractivity contribution >= 4 is 22.5 Å². The van der Waals surface area contributed by atoms with E-state index in [0.717, 1.165) is 0 Å².